The number of benzene rings is 4. The van der Waals surface area contributed by atoms with Gasteiger partial charge in [-0.25, -0.2) is 44.3 Å². The summed E-state index contributed by atoms with van der Waals surface area (Å²) in [6, 6.07) is 21.1. The van der Waals surface area contributed by atoms with E-state index in [1.54, 1.807) is 48.5 Å². The average Bonchev–Trinajstić information content (AvgIpc) is 3.31. The predicted octanol–water partition coefficient (Wildman–Crippen LogP) is 5.88. The maximum absolute atomic E-state index is 15.0. The van der Waals surface area contributed by atoms with Crippen LogP contribution in [-0.2, 0) is 58.4 Å². The predicted molar refractivity (Wildman–Crippen MR) is 328 cm³/mol. The summed E-state index contributed by atoms with van der Waals surface area (Å²) in [4.78, 5) is 78.2. The summed E-state index contributed by atoms with van der Waals surface area (Å²) in [5.41, 5.74) is 2.02. The minimum Gasteiger partial charge on any atom is -0.399 e. The first-order valence-electron chi connectivity index (χ1n) is 21.8. The zero-order chi connectivity index (χ0) is 57.5. The molecule has 8 aromatic rings. The second kappa shape index (κ2) is 25.5. The smallest absolute Gasteiger partial charge is 0.337 e. The maximum atomic E-state index is 15.0. The third kappa shape index (κ3) is 14.6. The maximum Gasteiger partial charge on any atom is 0.337 e. The summed E-state index contributed by atoms with van der Waals surface area (Å²) < 4.78 is 114. The molecule has 0 fully saturated rings. The van der Waals surface area contributed by atoms with Crippen LogP contribution in [0.4, 0.5) is 37.2 Å². The number of hydrogen-bond donors (Lipinski definition) is 4. The summed E-state index contributed by atoms with van der Waals surface area (Å²) in [5.74, 6) is -1.96. The Bertz CT molecular complexity index is 4500. The molecule has 0 radical (unpaired) electrons. The van der Waals surface area contributed by atoms with E-state index in [9.17, 15) is 58.4 Å². The summed E-state index contributed by atoms with van der Waals surface area (Å²) in [6.07, 6.45) is 2.86. The normalized spacial score (nSPS) is 11.2. The van der Waals surface area contributed by atoms with E-state index in [1.165, 1.54) is 71.4 Å². The van der Waals surface area contributed by atoms with Gasteiger partial charge in [0.25, 0.3) is 22.2 Å². The van der Waals surface area contributed by atoms with Gasteiger partial charge in [-0.3, -0.25) is 46.9 Å². The third-order valence-electron chi connectivity index (χ3n) is 11.1. The van der Waals surface area contributed by atoms with Crippen molar-refractivity contribution >= 4 is 126 Å². The van der Waals surface area contributed by atoms with Crippen molar-refractivity contribution in [1.29, 1.82) is 0 Å². The Morgan fingerprint density at radius 1 is 0.525 bits per heavy atom. The third-order valence-corrected chi connectivity index (χ3v) is 14.1. The highest BCUT2D eigenvalue weighted by atomic mass is 127. The van der Waals surface area contributed by atoms with Gasteiger partial charge in [-0.1, -0.05) is 34.4 Å². The molecule has 30 heteroatoms. The lowest BCUT2D eigenvalue weighted by Gasteiger charge is -2.20. The molecule has 5 N–H and O–H groups in total. The molecule has 0 amide bonds. The van der Waals surface area contributed by atoms with Crippen LogP contribution in [0.25, 0.3) is 33.4 Å². The first kappa shape index (κ1) is 67.1. The molecule has 4 aromatic carbocycles. The number of anilines is 5. The lowest BCUT2D eigenvalue weighted by molar-refractivity contribution is 0.491. The van der Waals surface area contributed by atoms with Gasteiger partial charge >= 0.3 is 21.5 Å². The van der Waals surface area contributed by atoms with Crippen molar-refractivity contribution in [2.75, 3.05) is 39.3 Å². The monoisotopic (exact) mass is 1390 g/mol. The first-order valence-corrected chi connectivity index (χ1v) is 29.6. The zero-order valence-corrected chi connectivity index (χ0v) is 48.7. The molecule has 0 unspecified atom stereocenters. The van der Waals surface area contributed by atoms with Gasteiger partial charge in [0, 0.05) is 52.3 Å². The first-order chi connectivity index (χ1) is 35.6. The lowest BCUT2D eigenvalue weighted by atomic mass is 10.1. The minimum atomic E-state index is -4.11. The van der Waals surface area contributed by atoms with Crippen LogP contribution in [-0.4, -0.2) is 71.4 Å². The van der Waals surface area contributed by atoms with E-state index in [2.05, 4.69) is 14.8 Å². The molecular weight excluding hydrogens is 1340 g/mol. The highest BCUT2D eigenvalue weighted by Crippen LogP contribution is 2.30. The van der Waals surface area contributed by atoms with Crippen LogP contribution in [0.1, 0.15) is 33.4 Å². The Morgan fingerprint density at radius 2 is 0.925 bits per heavy atom. The second-order valence-corrected chi connectivity index (χ2v) is 24.7. The van der Waals surface area contributed by atoms with E-state index in [0.717, 1.165) is 48.7 Å². The van der Waals surface area contributed by atoms with Gasteiger partial charge in [0.15, 0.2) is 5.75 Å². The number of halogens is 4. The number of nitrogens with one attached hydrogen (secondary N) is 3. The topological polar surface area (TPSA) is 306 Å². The molecule has 0 spiro atoms. The number of pyridine rings is 2. The summed E-state index contributed by atoms with van der Waals surface area (Å²) in [7, 11) is -5.72. The van der Waals surface area contributed by atoms with Crippen molar-refractivity contribution in [2.24, 2.45) is 28.2 Å². The SMILES string of the molecule is C.C.C.CS(=O)(=O)Nc1cccc(N)c1.Cc1c(Nc2cccc(NS(C)(=O)=O)c2)c2c(=O)n(C)c(=O)n(-c3ccc(I)cc3F)c2n(C)c1=O.Cc1c(OS(C)(=O)=O)c2c(=O)n(C)c(=O)n(-c3ccc(I)cc3F)c2n(C)c1=O. The molecule has 0 aliphatic heterocycles. The van der Waals surface area contributed by atoms with Crippen molar-refractivity contribution in [1.82, 2.24) is 27.4 Å². The number of rotatable bonds is 10. The van der Waals surface area contributed by atoms with Crippen LogP contribution in [0.3, 0.4) is 0 Å². The fraction of sp³-hybridized carbons (Fsp3) is 0.240. The van der Waals surface area contributed by atoms with Gasteiger partial charge in [0.1, 0.15) is 33.7 Å². The molecule has 0 bridgehead atoms. The number of aryl methyl sites for hydroxylation is 2. The molecule has 80 heavy (non-hydrogen) atoms. The van der Waals surface area contributed by atoms with Crippen molar-refractivity contribution < 1.29 is 38.2 Å². The van der Waals surface area contributed by atoms with E-state index in [4.69, 9.17) is 9.92 Å². The highest BCUT2D eigenvalue weighted by molar-refractivity contribution is 14.1. The number of hydrogen-bond acceptors (Lipinski definition) is 15. The molecule has 432 valence electrons. The van der Waals surface area contributed by atoms with E-state index in [1.807, 2.05) is 45.2 Å². The van der Waals surface area contributed by atoms with E-state index < -0.39 is 81.2 Å². The van der Waals surface area contributed by atoms with Gasteiger partial charge in [-0.15, -0.1) is 0 Å². The van der Waals surface area contributed by atoms with E-state index in [-0.39, 0.29) is 78.2 Å². The molecule has 4 aromatic heterocycles. The summed E-state index contributed by atoms with van der Waals surface area (Å²) >= 11 is 3.83. The van der Waals surface area contributed by atoms with E-state index in [0.29, 0.717) is 28.8 Å². The quantitative estimate of drug-likeness (QED) is 0.0706. The number of nitrogen functional groups attached to an aromatic ring is 1. The van der Waals surface area contributed by atoms with Crippen LogP contribution < -0.4 is 58.3 Å². The van der Waals surface area contributed by atoms with Crippen molar-refractivity contribution in [3.05, 3.63) is 177 Å². The van der Waals surface area contributed by atoms with Crippen LogP contribution >= 0.6 is 45.2 Å². The second-order valence-electron chi connectivity index (χ2n) is 17.1. The molecule has 0 saturated carbocycles. The molecule has 8 rings (SSSR count). The number of nitrogens with two attached hydrogens (primary N) is 1. The molecule has 23 nitrogen and oxygen atoms in total. The number of nitrogens with zero attached hydrogens (tertiary/aromatic N) is 6. The molecule has 0 aliphatic carbocycles. The van der Waals surface area contributed by atoms with Gasteiger partial charge in [0.05, 0.1) is 52.8 Å². The van der Waals surface area contributed by atoms with Crippen LogP contribution in [0, 0.1) is 32.6 Å². The van der Waals surface area contributed by atoms with Gasteiger partial charge in [0.2, 0.25) is 20.0 Å². The van der Waals surface area contributed by atoms with Gasteiger partial charge < -0.3 is 15.2 Å². The van der Waals surface area contributed by atoms with Crippen molar-refractivity contribution in [3.63, 3.8) is 0 Å². The number of aromatic nitrogens is 6. The Balaban J connectivity index is 0.000000342. The Hall–Kier alpha value is -7.17. The number of sulfonamides is 2. The van der Waals surface area contributed by atoms with E-state index >= 15 is 4.39 Å². The zero-order valence-electron chi connectivity index (χ0n) is 41.9. The standard InChI is InChI=1S/C23H21FIN5O5S.C17H15FIN3O6S.C7H10N2O2S.3CH4/c1-12-19(26-14-6-5-7-15(11-14)27-36(4,34)35)18-20(28(2)21(12)31)30(23(33)29(3)22(18)32)17-9-8-13(25)10-16(17)24;1-8-13(28-29(4,26)27)12-14(20(2)15(8)23)22(17(25)21(3)16(12)24)11-6-5-9(19)7-10(11)18;1-12(10,11)9-7-4-2-3-6(8)5-7;;;/h5-11,26-27H,1-4H3;5-7H,1-4H3;2-5,9H,8H2,1H3;3*1H4. The largest absolute Gasteiger partial charge is 0.399 e. The van der Waals surface area contributed by atoms with Crippen molar-refractivity contribution in [2.45, 2.75) is 36.1 Å². The average molecular weight is 1400 g/mol. The molecule has 4 heterocycles. The van der Waals surface area contributed by atoms with Crippen LogP contribution in [0.2, 0.25) is 0 Å². The molecule has 0 aliphatic rings. The summed E-state index contributed by atoms with van der Waals surface area (Å²) in [6.45, 7) is 2.81. The fourth-order valence-electron chi connectivity index (χ4n) is 7.74. The van der Waals surface area contributed by atoms with Gasteiger partial charge in [-0.2, -0.15) is 8.42 Å². The lowest BCUT2D eigenvalue weighted by Crippen LogP contribution is -2.41. The highest BCUT2D eigenvalue weighted by Gasteiger charge is 2.27. The van der Waals surface area contributed by atoms with Crippen molar-refractivity contribution in [3.8, 4) is 17.1 Å². The molecule has 0 atom stereocenters. The summed E-state index contributed by atoms with van der Waals surface area (Å²) in [5, 5.41) is 2.67. The molecule has 0 saturated heterocycles. The van der Waals surface area contributed by atoms with Crippen LogP contribution in [0.5, 0.6) is 5.75 Å². The number of fused-ring (bicyclic) bond motifs is 2. The Morgan fingerprint density at radius 3 is 1.35 bits per heavy atom. The minimum absolute atomic E-state index is 0. The Kier molecular flexibility index (Phi) is 21.4. The Labute approximate surface area is 485 Å². The van der Waals surface area contributed by atoms with Gasteiger partial charge in [-0.05, 0) is 132 Å². The van der Waals surface area contributed by atoms with Crippen LogP contribution in [0.15, 0.2) is 114 Å². The molecular formula is C50H58F2I2N10O13S3. The fourth-order valence-corrected chi connectivity index (χ4v) is 10.3.